The second kappa shape index (κ2) is 2.86. The maximum absolute atomic E-state index is 9.66. The maximum Gasteiger partial charge on any atom is 0.101 e. The van der Waals surface area contributed by atoms with Crippen molar-refractivity contribution < 1.29 is 10.2 Å². The van der Waals surface area contributed by atoms with E-state index in [9.17, 15) is 10.2 Å². The van der Waals surface area contributed by atoms with Crippen molar-refractivity contribution in [1.29, 1.82) is 0 Å². The molecule has 0 spiro atoms. The second-order valence-corrected chi connectivity index (χ2v) is 3.84. The van der Waals surface area contributed by atoms with Crippen molar-refractivity contribution in [3.8, 4) is 0 Å². The van der Waals surface area contributed by atoms with Gasteiger partial charge in [0.05, 0.1) is 12.1 Å². The van der Waals surface area contributed by atoms with Crippen molar-refractivity contribution in [2.24, 2.45) is 0 Å². The summed E-state index contributed by atoms with van der Waals surface area (Å²) in [4.78, 5) is 0. The average Bonchev–Trinajstić information content (AvgIpc) is 2.43. The fraction of sp³-hybridized carbons (Fsp3) is 0.600. The number of nitrogens with zero attached hydrogens (tertiary/aromatic N) is 1. The minimum atomic E-state index is -0.640. The van der Waals surface area contributed by atoms with Gasteiger partial charge in [0.15, 0.2) is 0 Å². The zero-order chi connectivity index (χ0) is 9.59. The molecule has 2 N–H and O–H groups in total. The van der Waals surface area contributed by atoms with Crippen molar-refractivity contribution in [1.82, 2.24) is 4.57 Å². The smallest absolute Gasteiger partial charge is 0.101 e. The summed E-state index contributed by atoms with van der Waals surface area (Å²) in [6.45, 7) is 3.95. The van der Waals surface area contributed by atoms with Gasteiger partial charge in [-0.2, -0.15) is 0 Å². The van der Waals surface area contributed by atoms with Crippen LogP contribution in [-0.2, 0) is 6.42 Å². The molecule has 2 rings (SSSR count). The lowest BCUT2D eigenvalue weighted by Crippen LogP contribution is -2.40. The first-order valence-corrected chi connectivity index (χ1v) is 4.64. The molecule has 0 radical (unpaired) electrons. The first kappa shape index (κ1) is 8.78. The third-order valence-corrected chi connectivity index (χ3v) is 2.92. The van der Waals surface area contributed by atoms with E-state index in [1.807, 2.05) is 26.0 Å². The summed E-state index contributed by atoms with van der Waals surface area (Å²) in [6, 6.07) is 4.02. The molecule has 0 bridgehead atoms. The van der Waals surface area contributed by atoms with Gasteiger partial charge in [0, 0.05) is 17.8 Å². The van der Waals surface area contributed by atoms with Gasteiger partial charge in [0.1, 0.15) is 6.10 Å². The van der Waals surface area contributed by atoms with E-state index in [1.165, 1.54) is 0 Å². The lowest BCUT2D eigenvalue weighted by molar-refractivity contribution is -0.0226. The zero-order valence-electron chi connectivity index (χ0n) is 7.94. The molecule has 72 valence electrons. The molecule has 1 aliphatic rings. The van der Waals surface area contributed by atoms with Crippen molar-refractivity contribution >= 4 is 0 Å². The van der Waals surface area contributed by atoms with Crippen molar-refractivity contribution in [3.05, 3.63) is 23.5 Å². The molecule has 1 aromatic rings. The number of aromatic nitrogens is 1. The predicted molar refractivity (Wildman–Crippen MR) is 49.6 cm³/mol. The van der Waals surface area contributed by atoms with E-state index in [0.717, 1.165) is 11.4 Å². The quantitative estimate of drug-likeness (QED) is 0.617. The molecule has 1 aromatic heterocycles. The highest BCUT2D eigenvalue weighted by Crippen LogP contribution is 2.27. The number of rotatable bonds is 0. The first-order valence-electron chi connectivity index (χ1n) is 4.64. The van der Waals surface area contributed by atoms with Crippen LogP contribution in [-0.4, -0.2) is 27.0 Å². The lowest BCUT2D eigenvalue weighted by Gasteiger charge is -2.33. The summed E-state index contributed by atoms with van der Waals surface area (Å²) in [6.07, 6.45) is -0.699. The topological polar surface area (TPSA) is 45.4 Å². The average molecular weight is 181 g/mol. The monoisotopic (exact) mass is 181 g/mol. The van der Waals surface area contributed by atoms with E-state index >= 15 is 0 Å². The summed E-state index contributed by atoms with van der Waals surface area (Å²) in [7, 11) is 0. The Kier molecular flexibility index (Phi) is 1.93. The molecule has 3 atom stereocenters. The fourth-order valence-electron chi connectivity index (χ4n) is 2.16. The highest BCUT2D eigenvalue weighted by atomic mass is 16.3. The van der Waals surface area contributed by atoms with Crippen LogP contribution < -0.4 is 0 Å². The van der Waals surface area contributed by atoms with Crippen LogP contribution in [0.15, 0.2) is 12.1 Å². The number of aliphatic hydroxyl groups is 2. The van der Waals surface area contributed by atoms with Crippen LogP contribution in [0.2, 0.25) is 0 Å². The molecule has 3 heteroatoms. The summed E-state index contributed by atoms with van der Waals surface area (Å²) in [5, 5.41) is 19.2. The minimum absolute atomic E-state index is 0.0197. The molecule has 0 fully saturated rings. The lowest BCUT2D eigenvalue weighted by atomic mass is 9.98. The predicted octanol–water partition coefficient (Wildman–Crippen LogP) is 0.635. The van der Waals surface area contributed by atoms with Crippen molar-refractivity contribution in [2.75, 3.05) is 0 Å². The van der Waals surface area contributed by atoms with Crippen LogP contribution in [0.1, 0.15) is 24.4 Å². The Morgan fingerprint density at radius 2 is 2.08 bits per heavy atom. The summed E-state index contributed by atoms with van der Waals surface area (Å²) in [5.41, 5.74) is 2.26. The van der Waals surface area contributed by atoms with Gasteiger partial charge in [-0.05, 0) is 26.0 Å². The number of fused-ring (bicyclic) bond motifs is 1. The summed E-state index contributed by atoms with van der Waals surface area (Å²) < 4.78 is 2.09. The van der Waals surface area contributed by atoms with Gasteiger partial charge >= 0.3 is 0 Å². The molecule has 1 aliphatic heterocycles. The van der Waals surface area contributed by atoms with Gasteiger partial charge in [-0.3, -0.25) is 0 Å². The molecule has 0 unspecified atom stereocenters. The van der Waals surface area contributed by atoms with Crippen LogP contribution in [0.5, 0.6) is 0 Å². The highest BCUT2D eigenvalue weighted by molar-refractivity contribution is 5.20. The molecule has 2 heterocycles. The molecular weight excluding hydrogens is 166 g/mol. The second-order valence-electron chi connectivity index (χ2n) is 3.84. The third-order valence-electron chi connectivity index (χ3n) is 2.92. The van der Waals surface area contributed by atoms with Gasteiger partial charge in [-0.15, -0.1) is 0 Å². The van der Waals surface area contributed by atoms with Gasteiger partial charge in [0.2, 0.25) is 0 Å². The Hall–Kier alpha value is -0.800. The van der Waals surface area contributed by atoms with E-state index in [2.05, 4.69) is 4.57 Å². The standard InChI is InChI=1S/C10H15NO2/c1-6-3-4-8-5-9(12)10(13)7(2)11(6)8/h3-4,7,9-10,12-13H,5H2,1-2H3/t7-,9+,10-/m1/s1. The van der Waals surface area contributed by atoms with Crippen LogP contribution >= 0.6 is 0 Å². The minimum Gasteiger partial charge on any atom is -0.390 e. The molecular formula is C10H15NO2. The molecule has 0 aromatic carbocycles. The van der Waals surface area contributed by atoms with Crippen LogP contribution in [0.25, 0.3) is 0 Å². The molecule has 3 nitrogen and oxygen atoms in total. The maximum atomic E-state index is 9.66. The molecule has 0 amide bonds. The van der Waals surface area contributed by atoms with Crippen LogP contribution in [0, 0.1) is 6.92 Å². The van der Waals surface area contributed by atoms with E-state index in [1.54, 1.807) is 0 Å². The van der Waals surface area contributed by atoms with Gasteiger partial charge in [-0.1, -0.05) is 0 Å². The molecule has 0 saturated heterocycles. The SMILES string of the molecule is Cc1ccc2n1[C@H](C)[C@@H](O)[C@@H](O)C2. The van der Waals surface area contributed by atoms with Gasteiger partial charge in [-0.25, -0.2) is 0 Å². The molecule has 0 aliphatic carbocycles. The fourth-order valence-corrected chi connectivity index (χ4v) is 2.16. The highest BCUT2D eigenvalue weighted by Gasteiger charge is 2.31. The van der Waals surface area contributed by atoms with Crippen molar-refractivity contribution in [2.45, 2.75) is 38.5 Å². The number of hydrogen-bond acceptors (Lipinski definition) is 2. The summed E-state index contributed by atoms with van der Waals surface area (Å²) >= 11 is 0. The van der Waals surface area contributed by atoms with E-state index < -0.39 is 12.2 Å². The van der Waals surface area contributed by atoms with Crippen molar-refractivity contribution in [3.63, 3.8) is 0 Å². The number of hydrogen-bond donors (Lipinski definition) is 2. The molecule has 0 saturated carbocycles. The normalized spacial score (nSPS) is 33.1. The Bertz CT molecular complexity index is 319. The Morgan fingerprint density at radius 3 is 2.77 bits per heavy atom. The number of aliphatic hydroxyl groups excluding tert-OH is 2. The molecule has 13 heavy (non-hydrogen) atoms. The van der Waals surface area contributed by atoms with Crippen LogP contribution in [0.4, 0.5) is 0 Å². The largest absolute Gasteiger partial charge is 0.390 e. The first-order chi connectivity index (χ1) is 6.11. The third kappa shape index (κ3) is 1.19. The summed E-state index contributed by atoms with van der Waals surface area (Å²) in [5.74, 6) is 0. The Labute approximate surface area is 77.6 Å². The number of aryl methyl sites for hydroxylation is 1. The zero-order valence-corrected chi connectivity index (χ0v) is 7.94. The van der Waals surface area contributed by atoms with E-state index in [-0.39, 0.29) is 6.04 Å². The van der Waals surface area contributed by atoms with Gasteiger partial charge in [0.25, 0.3) is 0 Å². The van der Waals surface area contributed by atoms with E-state index in [4.69, 9.17) is 0 Å². The Balaban J connectivity index is 2.45. The van der Waals surface area contributed by atoms with E-state index in [0.29, 0.717) is 6.42 Å². The van der Waals surface area contributed by atoms with Crippen LogP contribution in [0.3, 0.4) is 0 Å². The Morgan fingerprint density at radius 1 is 1.38 bits per heavy atom. The van der Waals surface area contributed by atoms with Gasteiger partial charge < -0.3 is 14.8 Å².